The molecule has 0 amide bonds. The van der Waals surface area contributed by atoms with E-state index >= 15 is 0 Å². The maximum atomic E-state index is 10.3. The van der Waals surface area contributed by atoms with Crippen LogP contribution in [-0.4, -0.2) is 10.9 Å². The van der Waals surface area contributed by atoms with Crippen molar-refractivity contribution in [3.05, 3.63) is 27.2 Å². The maximum absolute atomic E-state index is 10.3. The summed E-state index contributed by atoms with van der Waals surface area (Å²) in [5.74, 6) is 0.246. The largest absolute Gasteiger partial charge is 0.431 e. The van der Waals surface area contributed by atoms with Gasteiger partial charge in [0, 0.05) is 12.1 Å². The zero-order valence-corrected chi connectivity index (χ0v) is 14.6. The molecule has 1 saturated carbocycles. The quantitative estimate of drug-likeness (QED) is 0.564. The highest BCUT2D eigenvalue weighted by molar-refractivity contribution is 8.08. The Morgan fingerprint density at radius 2 is 1.70 bits per heavy atom. The molecular formula is C12H15Cl3NO2PS. The molecule has 1 aliphatic carbocycles. The Hall–Kier alpha value is 0.460. The van der Waals surface area contributed by atoms with E-state index in [0.29, 0.717) is 10.0 Å². The molecule has 2 rings (SSSR count). The normalized spacial score (nSPS) is 19.6. The van der Waals surface area contributed by atoms with Crippen molar-refractivity contribution in [2.45, 2.75) is 38.1 Å². The smallest absolute Gasteiger partial charge is 0.310 e. The van der Waals surface area contributed by atoms with E-state index in [1.54, 1.807) is 0 Å². The van der Waals surface area contributed by atoms with Crippen molar-refractivity contribution in [3.8, 4) is 5.75 Å². The molecule has 0 aromatic heterocycles. The molecule has 1 atom stereocenters. The SMILES string of the molecule is OP(=S)(NC1CCCCC1)Oc1cc(Cl)c(Cl)cc1Cl. The zero-order valence-electron chi connectivity index (χ0n) is 10.6. The maximum Gasteiger partial charge on any atom is 0.310 e. The standard InChI is InChI=1S/C12H15Cl3NO2PS/c13-9-6-11(15)12(7-10(9)14)18-19(17,20)16-8-4-2-1-3-5-8/h6-8H,1-5H2,(H2,16,17,20). The van der Waals surface area contributed by atoms with Gasteiger partial charge in [0.25, 0.3) is 0 Å². The van der Waals surface area contributed by atoms with E-state index in [0.717, 1.165) is 25.7 Å². The van der Waals surface area contributed by atoms with Gasteiger partial charge in [0.1, 0.15) is 5.75 Å². The molecule has 0 heterocycles. The summed E-state index contributed by atoms with van der Waals surface area (Å²) in [5, 5.41) is 3.93. The molecule has 0 aliphatic heterocycles. The lowest BCUT2D eigenvalue weighted by atomic mass is 9.96. The Morgan fingerprint density at radius 3 is 2.35 bits per heavy atom. The van der Waals surface area contributed by atoms with E-state index in [1.807, 2.05) is 0 Å². The van der Waals surface area contributed by atoms with Gasteiger partial charge in [-0.05, 0) is 30.7 Å². The number of hydrogen-bond donors (Lipinski definition) is 2. The molecule has 0 saturated heterocycles. The second kappa shape index (κ2) is 7.15. The van der Waals surface area contributed by atoms with Crippen LogP contribution in [0, 0.1) is 0 Å². The average Bonchev–Trinajstić information content (AvgIpc) is 2.36. The van der Waals surface area contributed by atoms with Crippen LogP contribution in [-0.2, 0) is 11.8 Å². The first kappa shape index (κ1) is 16.8. The summed E-state index contributed by atoms with van der Waals surface area (Å²) in [5.41, 5.74) is 0. The fourth-order valence-corrected chi connectivity index (χ4v) is 4.70. The predicted molar refractivity (Wildman–Crippen MR) is 88.6 cm³/mol. The summed E-state index contributed by atoms with van der Waals surface area (Å²) in [4.78, 5) is 10.3. The number of benzene rings is 1. The van der Waals surface area contributed by atoms with Gasteiger partial charge in [0.05, 0.1) is 15.1 Å². The molecule has 0 radical (unpaired) electrons. The van der Waals surface area contributed by atoms with Gasteiger partial charge >= 0.3 is 6.64 Å². The van der Waals surface area contributed by atoms with Gasteiger partial charge in [-0.15, -0.1) is 0 Å². The van der Waals surface area contributed by atoms with Crippen LogP contribution in [0.15, 0.2) is 12.1 Å². The molecule has 1 aromatic rings. The van der Waals surface area contributed by atoms with Crippen molar-refractivity contribution in [2.75, 3.05) is 0 Å². The Bertz CT molecular complexity index is 538. The van der Waals surface area contributed by atoms with Crippen LogP contribution >= 0.6 is 41.4 Å². The van der Waals surface area contributed by atoms with Crippen molar-refractivity contribution < 1.29 is 9.42 Å². The molecule has 0 bridgehead atoms. The summed E-state index contributed by atoms with van der Waals surface area (Å²) in [7, 11) is 0. The summed E-state index contributed by atoms with van der Waals surface area (Å²) in [6, 6.07) is 3.13. The van der Waals surface area contributed by atoms with E-state index in [9.17, 15) is 4.89 Å². The van der Waals surface area contributed by atoms with Crippen LogP contribution in [0.25, 0.3) is 0 Å². The van der Waals surface area contributed by atoms with Crippen molar-refractivity contribution in [2.24, 2.45) is 0 Å². The van der Waals surface area contributed by atoms with E-state index in [1.165, 1.54) is 18.6 Å². The van der Waals surface area contributed by atoms with E-state index in [4.69, 9.17) is 51.1 Å². The van der Waals surface area contributed by atoms with Gasteiger partial charge in [0.15, 0.2) is 0 Å². The first-order valence-corrected chi connectivity index (χ1v) is 10.1. The topological polar surface area (TPSA) is 41.5 Å². The molecule has 1 aliphatic rings. The van der Waals surface area contributed by atoms with Gasteiger partial charge < -0.3 is 9.42 Å². The Balaban J connectivity index is 2.07. The van der Waals surface area contributed by atoms with Gasteiger partial charge in [-0.25, -0.2) is 5.09 Å². The fraction of sp³-hybridized carbons (Fsp3) is 0.500. The number of rotatable bonds is 4. The van der Waals surface area contributed by atoms with Crippen molar-refractivity contribution in [1.29, 1.82) is 0 Å². The van der Waals surface area contributed by atoms with Crippen LogP contribution in [0.5, 0.6) is 5.75 Å². The first-order chi connectivity index (χ1) is 9.37. The first-order valence-electron chi connectivity index (χ1n) is 6.32. The summed E-state index contributed by atoms with van der Waals surface area (Å²) in [6.45, 7) is -3.15. The van der Waals surface area contributed by atoms with Crippen LogP contribution in [0.2, 0.25) is 15.1 Å². The number of halogens is 3. The van der Waals surface area contributed by atoms with Gasteiger partial charge in [-0.3, -0.25) is 0 Å². The molecule has 20 heavy (non-hydrogen) atoms. The summed E-state index contributed by atoms with van der Waals surface area (Å²) in [6.07, 6.45) is 5.50. The highest BCUT2D eigenvalue weighted by Gasteiger charge is 2.24. The van der Waals surface area contributed by atoms with Crippen LogP contribution < -0.4 is 9.61 Å². The molecule has 1 fully saturated rings. The Labute approximate surface area is 138 Å². The summed E-state index contributed by atoms with van der Waals surface area (Å²) < 4.78 is 5.47. The lowest BCUT2D eigenvalue weighted by Crippen LogP contribution is -2.29. The molecule has 1 aromatic carbocycles. The lowest BCUT2D eigenvalue weighted by Gasteiger charge is -2.27. The Morgan fingerprint density at radius 1 is 1.10 bits per heavy atom. The monoisotopic (exact) mass is 373 g/mol. The minimum absolute atomic E-state index is 0.195. The minimum Gasteiger partial charge on any atom is -0.431 e. The number of nitrogens with one attached hydrogen (secondary N) is 1. The van der Waals surface area contributed by atoms with Crippen LogP contribution in [0.1, 0.15) is 32.1 Å². The van der Waals surface area contributed by atoms with E-state index < -0.39 is 6.64 Å². The Kier molecular flexibility index (Phi) is 6.01. The highest BCUT2D eigenvalue weighted by Crippen LogP contribution is 2.45. The molecule has 112 valence electrons. The highest BCUT2D eigenvalue weighted by atomic mass is 35.5. The second-order valence-corrected chi connectivity index (χ2v) is 8.96. The van der Waals surface area contributed by atoms with Crippen LogP contribution in [0.3, 0.4) is 0 Å². The van der Waals surface area contributed by atoms with Gasteiger partial charge in [0.2, 0.25) is 0 Å². The third-order valence-corrected chi connectivity index (χ3v) is 5.84. The van der Waals surface area contributed by atoms with Crippen molar-refractivity contribution >= 4 is 53.3 Å². The fourth-order valence-electron chi connectivity index (χ4n) is 2.20. The molecule has 8 heteroatoms. The van der Waals surface area contributed by atoms with Gasteiger partial charge in [-0.2, -0.15) is 0 Å². The lowest BCUT2D eigenvalue weighted by molar-refractivity contribution is 0.385. The predicted octanol–water partition coefficient (Wildman–Crippen LogP) is 5.16. The number of hydrogen-bond acceptors (Lipinski definition) is 2. The third kappa shape index (κ3) is 4.74. The zero-order chi connectivity index (χ0) is 14.8. The van der Waals surface area contributed by atoms with Crippen molar-refractivity contribution in [1.82, 2.24) is 5.09 Å². The summed E-state index contributed by atoms with van der Waals surface area (Å²) >= 11 is 22.9. The van der Waals surface area contributed by atoms with E-state index in [-0.39, 0.29) is 16.8 Å². The molecule has 2 N–H and O–H groups in total. The molecule has 3 nitrogen and oxygen atoms in total. The second-order valence-electron chi connectivity index (χ2n) is 4.77. The van der Waals surface area contributed by atoms with Crippen LogP contribution in [0.4, 0.5) is 0 Å². The van der Waals surface area contributed by atoms with Crippen molar-refractivity contribution in [3.63, 3.8) is 0 Å². The molecular weight excluding hydrogens is 360 g/mol. The minimum atomic E-state index is -3.15. The van der Waals surface area contributed by atoms with E-state index in [2.05, 4.69) is 5.09 Å². The van der Waals surface area contributed by atoms with Gasteiger partial charge in [-0.1, -0.05) is 54.1 Å². The molecule has 1 unspecified atom stereocenters. The molecule has 0 spiro atoms. The average molecular weight is 375 g/mol. The third-order valence-electron chi connectivity index (χ3n) is 3.15.